The summed E-state index contributed by atoms with van der Waals surface area (Å²) in [4.78, 5) is 8.99. The van der Waals surface area contributed by atoms with Crippen LogP contribution in [-0.4, -0.2) is 72.4 Å². The fourth-order valence-corrected chi connectivity index (χ4v) is 3.80. The predicted molar refractivity (Wildman–Crippen MR) is 117 cm³/mol. The van der Waals surface area contributed by atoms with Crippen LogP contribution in [0.3, 0.4) is 0 Å². The first-order chi connectivity index (χ1) is 14.5. The van der Waals surface area contributed by atoms with Gasteiger partial charge in [0.2, 0.25) is 0 Å². The van der Waals surface area contributed by atoms with Gasteiger partial charge in [0.05, 0.1) is 5.52 Å². The summed E-state index contributed by atoms with van der Waals surface area (Å²) in [5.41, 5.74) is 3.59. The van der Waals surface area contributed by atoms with Crippen molar-refractivity contribution in [2.75, 3.05) is 46.4 Å². The first kappa shape index (κ1) is 20.7. The highest BCUT2D eigenvalue weighted by molar-refractivity contribution is 5.84. The minimum Gasteiger partial charge on any atom is -0.491 e. The van der Waals surface area contributed by atoms with Gasteiger partial charge in [0.15, 0.2) is 0 Å². The van der Waals surface area contributed by atoms with Crippen molar-refractivity contribution in [1.82, 2.24) is 14.8 Å². The first-order valence-electron chi connectivity index (χ1n) is 10.4. The van der Waals surface area contributed by atoms with Gasteiger partial charge in [-0.2, -0.15) is 0 Å². The Bertz CT molecular complexity index is 1020. The van der Waals surface area contributed by atoms with Crippen LogP contribution in [0.4, 0.5) is 4.39 Å². The van der Waals surface area contributed by atoms with Gasteiger partial charge in [-0.3, -0.25) is 9.88 Å². The molecule has 1 saturated heterocycles. The largest absolute Gasteiger partial charge is 0.491 e. The average molecular weight is 410 g/mol. The molecule has 0 saturated carbocycles. The summed E-state index contributed by atoms with van der Waals surface area (Å²) in [5.74, 6) is 0.0344. The normalized spacial score (nSPS) is 16.7. The number of halogens is 1. The summed E-state index contributed by atoms with van der Waals surface area (Å²) in [6.07, 6.45) is 1.13. The van der Waals surface area contributed by atoms with Crippen LogP contribution in [0.1, 0.15) is 5.56 Å². The molecule has 1 aliphatic rings. The van der Waals surface area contributed by atoms with Gasteiger partial charge in [0.1, 0.15) is 24.3 Å². The van der Waals surface area contributed by atoms with Crippen molar-refractivity contribution in [1.29, 1.82) is 0 Å². The van der Waals surface area contributed by atoms with Gasteiger partial charge in [0, 0.05) is 55.9 Å². The zero-order valence-electron chi connectivity index (χ0n) is 17.5. The fourth-order valence-electron chi connectivity index (χ4n) is 3.80. The molecule has 3 aromatic rings. The van der Waals surface area contributed by atoms with Gasteiger partial charge in [-0.25, -0.2) is 4.39 Å². The maximum absolute atomic E-state index is 14.2. The van der Waals surface area contributed by atoms with Crippen LogP contribution in [0.25, 0.3) is 22.0 Å². The van der Waals surface area contributed by atoms with Crippen molar-refractivity contribution in [3.63, 3.8) is 0 Å². The van der Waals surface area contributed by atoms with E-state index >= 15 is 0 Å². The van der Waals surface area contributed by atoms with E-state index in [1.165, 1.54) is 12.1 Å². The molecule has 1 atom stereocenters. The third-order valence-electron chi connectivity index (χ3n) is 5.55. The number of aliphatic hydroxyl groups is 1. The van der Waals surface area contributed by atoms with Gasteiger partial charge in [-0.15, -0.1) is 0 Å². The summed E-state index contributed by atoms with van der Waals surface area (Å²) in [7, 11) is 2.10. The van der Waals surface area contributed by atoms with E-state index in [4.69, 9.17) is 4.74 Å². The summed E-state index contributed by atoms with van der Waals surface area (Å²) in [6, 6.07) is 12.7. The molecule has 2 aromatic carbocycles. The number of piperazine rings is 1. The minimum absolute atomic E-state index is 0.129. The van der Waals surface area contributed by atoms with Crippen molar-refractivity contribution >= 4 is 10.9 Å². The highest BCUT2D eigenvalue weighted by Gasteiger charge is 2.17. The van der Waals surface area contributed by atoms with Gasteiger partial charge in [-0.05, 0) is 49.9 Å². The van der Waals surface area contributed by atoms with E-state index in [1.54, 1.807) is 12.3 Å². The number of pyridine rings is 1. The lowest BCUT2D eigenvalue weighted by Gasteiger charge is -2.33. The zero-order chi connectivity index (χ0) is 21.1. The van der Waals surface area contributed by atoms with Crippen LogP contribution in [0.2, 0.25) is 0 Å². The number of aliphatic hydroxyl groups excluding tert-OH is 1. The Balaban J connectivity index is 1.44. The predicted octanol–water partition coefficient (Wildman–Crippen LogP) is 3.34. The molecule has 0 radical (unpaired) electrons. The molecule has 4 rings (SSSR count). The summed E-state index contributed by atoms with van der Waals surface area (Å²) in [6.45, 7) is 6.60. The van der Waals surface area contributed by atoms with E-state index < -0.39 is 6.10 Å². The van der Waals surface area contributed by atoms with Crippen molar-refractivity contribution < 1.29 is 14.2 Å². The van der Waals surface area contributed by atoms with Crippen molar-refractivity contribution in [2.45, 2.75) is 13.0 Å². The molecule has 2 heterocycles. The molecule has 6 heteroatoms. The molecule has 1 fully saturated rings. The highest BCUT2D eigenvalue weighted by atomic mass is 19.1. The van der Waals surface area contributed by atoms with Gasteiger partial charge in [0.25, 0.3) is 0 Å². The summed E-state index contributed by atoms with van der Waals surface area (Å²) < 4.78 is 20.0. The number of benzene rings is 2. The minimum atomic E-state index is -0.620. The summed E-state index contributed by atoms with van der Waals surface area (Å²) in [5, 5.41) is 11.4. The lowest BCUT2D eigenvalue weighted by molar-refractivity contribution is 0.0504. The smallest absolute Gasteiger partial charge is 0.127 e. The van der Waals surface area contributed by atoms with E-state index in [2.05, 4.69) is 27.9 Å². The molecule has 0 amide bonds. The average Bonchev–Trinajstić information content (AvgIpc) is 2.73. The topological polar surface area (TPSA) is 48.8 Å². The SMILES string of the molecule is Cc1ccc2ncc(-c3cc(F)cc(OCC(O)CN4CCN(C)CC4)c3)cc2c1. The van der Waals surface area contributed by atoms with Crippen LogP contribution < -0.4 is 4.74 Å². The number of likely N-dealkylation sites (N-methyl/N-ethyl adjacent to an activating group) is 1. The molecule has 0 bridgehead atoms. The third kappa shape index (κ3) is 5.14. The molecular weight excluding hydrogens is 381 g/mol. The van der Waals surface area contributed by atoms with E-state index in [-0.39, 0.29) is 12.4 Å². The lowest BCUT2D eigenvalue weighted by Crippen LogP contribution is -2.47. The maximum atomic E-state index is 14.2. The standard InChI is InChI=1S/C24H28FN3O2/c1-17-3-4-24-19(9-17)10-20(14-26-24)18-11-21(25)13-23(12-18)30-16-22(29)15-28-7-5-27(2)6-8-28/h3-4,9-14,22,29H,5-8,15-16H2,1-2H3. The molecule has 158 valence electrons. The number of hydrogen-bond acceptors (Lipinski definition) is 5. The van der Waals surface area contributed by atoms with E-state index in [0.717, 1.165) is 48.2 Å². The molecule has 1 aliphatic heterocycles. The maximum Gasteiger partial charge on any atom is 0.127 e. The summed E-state index contributed by atoms with van der Waals surface area (Å²) >= 11 is 0. The number of nitrogens with zero attached hydrogens (tertiary/aromatic N) is 3. The third-order valence-corrected chi connectivity index (χ3v) is 5.55. The van der Waals surface area contributed by atoms with E-state index in [0.29, 0.717) is 17.9 Å². The Morgan fingerprint density at radius 2 is 1.87 bits per heavy atom. The van der Waals surface area contributed by atoms with Crippen LogP contribution in [-0.2, 0) is 0 Å². The van der Waals surface area contributed by atoms with Crippen molar-refractivity contribution in [3.8, 4) is 16.9 Å². The van der Waals surface area contributed by atoms with Gasteiger partial charge in [-0.1, -0.05) is 11.6 Å². The number of β-amino-alcohol motifs (C(OH)–C–C–N with tert-alkyl or cyclic N) is 1. The van der Waals surface area contributed by atoms with Crippen LogP contribution in [0, 0.1) is 12.7 Å². The number of ether oxygens (including phenoxy) is 1. The number of hydrogen-bond donors (Lipinski definition) is 1. The molecule has 1 unspecified atom stereocenters. The Morgan fingerprint density at radius 1 is 1.07 bits per heavy atom. The second-order valence-corrected chi connectivity index (χ2v) is 8.16. The monoisotopic (exact) mass is 409 g/mol. The van der Waals surface area contributed by atoms with Crippen LogP contribution >= 0.6 is 0 Å². The highest BCUT2D eigenvalue weighted by Crippen LogP contribution is 2.28. The number of rotatable bonds is 6. The molecule has 1 N–H and O–H groups in total. The van der Waals surface area contributed by atoms with E-state index in [1.807, 2.05) is 25.1 Å². The fraction of sp³-hybridized carbons (Fsp3) is 0.375. The van der Waals surface area contributed by atoms with Crippen molar-refractivity contribution in [3.05, 3.63) is 60.0 Å². The molecular formula is C24H28FN3O2. The van der Waals surface area contributed by atoms with Gasteiger partial charge >= 0.3 is 0 Å². The van der Waals surface area contributed by atoms with Crippen LogP contribution in [0.15, 0.2) is 48.7 Å². The molecule has 30 heavy (non-hydrogen) atoms. The molecule has 5 nitrogen and oxygen atoms in total. The van der Waals surface area contributed by atoms with E-state index in [9.17, 15) is 9.50 Å². The Labute approximate surface area is 176 Å². The number of aryl methyl sites for hydroxylation is 1. The van der Waals surface area contributed by atoms with Gasteiger partial charge < -0.3 is 14.7 Å². The quantitative estimate of drug-likeness (QED) is 0.677. The molecule has 1 aromatic heterocycles. The molecule has 0 aliphatic carbocycles. The number of fused-ring (bicyclic) bond motifs is 1. The lowest BCUT2D eigenvalue weighted by atomic mass is 10.0. The Morgan fingerprint density at radius 3 is 2.67 bits per heavy atom. The first-order valence-corrected chi connectivity index (χ1v) is 10.4. The van der Waals surface area contributed by atoms with Crippen molar-refractivity contribution in [2.24, 2.45) is 0 Å². The number of aromatic nitrogens is 1. The Hall–Kier alpha value is -2.54. The second kappa shape index (κ2) is 9.08. The zero-order valence-corrected chi connectivity index (χ0v) is 17.5. The molecule has 0 spiro atoms. The van der Waals surface area contributed by atoms with Crippen LogP contribution in [0.5, 0.6) is 5.75 Å². The Kier molecular flexibility index (Phi) is 6.27. The second-order valence-electron chi connectivity index (χ2n) is 8.16.